The van der Waals surface area contributed by atoms with Crippen LogP contribution in [-0.4, -0.2) is 32.9 Å². The van der Waals surface area contributed by atoms with Crippen molar-refractivity contribution in [2.24, 2.45) is 0 Å². The molecule has 0 bridgehead atoms. The molecule has 0 fully saturated rings. The van der Waals surface area contributed by atoms with Gasteiger partial charge in [-0.1, -0.05) is 0 Å². The average molecular weight is 323 g/mol. The van der Waals surface area contributed by atoms with Crippen molar-refractivity contribution < 1.29 is 9.72 Å². The van der Waals surface area contributed by atoms with Gasteiger partial charge in [0.15, 0.2) is 0 Å². The molecule has 0 aliphatic heterocycles. The fourth-order valence-corrected chi connectivity index (χ4v) is 1.71. The van der Waals surface area contributed by atoms with Gasteiger partial charge in [0.2, 0.25) is 5.91 Å². The number of hydrogen-bond donors (Lipinski definition) is 2. The highest BCUT2D eigenvalue weighted by atomic mass is 79.9. The Kier molecular flexibility index (Phi) is 4.94. The molecule has 0 saturated heterocycles. The fourth-order valence-electron chi connectivity index (χ4n) is 1.17. The normalized spacial score (nSPS) is 10.3. The predicted molar refractivity (Wildman–Crippen MR) is 68.2 cm³/mol. The van der Waals surface area contributed by atoms with Crippen molar-refractivity contribution in [3.8, 4) is 0 Å². The topological polar surface area (TPSA) is 90.1 Å². The van der Waals surface area contributed by atoms with Crippen LogP contribution in [0.5, 0.6) is 0 Å². The van der Waals surface area contributed by atoms with Crippen molar-refractivity contribution in [3.05, 3.63) is 20.3 Å². The summed E-state index contributed by atoms with van der Waals surface area (Å²) in [6.07, 6.45) is 0. The van der Waals surface area contributed by atoms with Gasteiger partial charge in [0.1, 0.15) is 11.0 Å². The third-order valence-corrected chi connectivity index (χ3v) is 3.17. The number of carbonyl (C=O) groups excluding carboxylic acids is 1. The molecule has 0 aliphatic rings. The first kappa shape index (κ1) is 14.0. The second-order valence-corrected chi connectivity index (χ2v) is 4.45. The van der Waals surface area contributed by atoms with Crippen LogP contribution < -0.4 is 5.32 Å². The molecule has 0 aliphatic carbocycles. The third-order valence-electron chi connectivity index (χ3n) is 2.02. The van der Waals surface area contributed by atoms with Crippen molar-refractivity contribution in [3.63, 3.8) is 0 Å². The van der Waals surface area contributed by atoms with Crippen LogP contribution in [0.3, 0.4) is 0 Å². The summed E-state index contributed by atoms with van der Waals surface area (Å²) in [6.45, 7) is 2.05. The summed E-state index contributed by atoms with van der Waals surface area (Å²) in [5.74, 6) is -0.00948. The first-order valence-electron chi connectivity index (χ1n) is 4.72. The summed E-state index contributed by atoms with van der Waals surface area (Å²) in [5.41, 5.74) is 0.540. The Bertz CT molecular complexity index is 448. The molecule has 1 rings (SSSR count). The Hall–Kier alpha value is -1.09. The molecule has 9 heteroatoms. The summed E-state index contributed by atoms with van der Waals surface area (Å²) < 4.78 is 1.58. The van der Waals surface area contributed by atoms with E-state index < -0.39 is 4.92 Å². The van der Waals surface area contributed by atoms with Crippen LogP contribution in [0.1, 0.15) is 5.69 Å². The number of hydrogen-bond acceptors (Lipinski definition) is 5. The molecule has 0 spiro atoms. The van der Waals surface area contributed by atoms with Gasteiger partial charge in [-0.25, -0.2) is 0 Å². The van der Waals surface area contributed by atoms with E-state index in [1.54, 1.807) is 6.92 Å². The molecule has 1 aromatic rings. The Morgan fingerprint density at radius 1 is 1.71 bits per heavy atom. The molecule has 17 heavy (non-hydrogen) atoms. The number of nitrogens with zero attached hydrogens (tertiary/aromatic N) is 3. The van der Waals surface area contributed by atoms with Crippen molar-refractivity contribution in [1.29, 1.82) is 0 Å². The maximum Gasteiger partial charge on any atom is 0.404 e. The van der Waals surface area contributed by atoms with Crippen molar-refractivity contribution in [1.82, 2.24) is 15.1 Å². The summed E-state index contributed by atoms with van der Waals surface area (Å²) in [5, 5.41) is 17.0. The Morgan fingerprint density at radius 2 is 2.35 bits per heavy atom. The van der Waals surface area contributed by atoms with E-state index in [0.717, 1.165) is 0 Å². The van der Waals surface area contributed by atoms with E-state index in [2.05, 4.69) is 39.0 Å². The number of amides is 1. The van der Waals surface area contributed by atoms with Gasteiger partial charge in [0, 0.05) is 12.3 Å². The minimum atomic E-state index is -0.598. The highest BCUT2D eigenvalue weighted by Crippen LogP contribution is 2.26. The lowest BCUT2D eigenvalue weighted by Gasteiger charge is -2.01. The monoisotopic (exact) mass is 322 g/mol. The number of nitro groups is 1. The zero-order valence-corrected chi connectivity index (χ0v) is 11.5. The van der Waals surface area contributed by atoms with E-state index >= 15 is 0 Å². The van der Waals surface area contributed by atoms with Gasteiger partial charge in [0.05, 0.1) is 10.8 Å². The van der Waals surface area contributed by atoms with Crippen LogP contribution >= 0.6 is 28.6 Å². The standard InChI is InChI=1S/C8H11BrN4O3S/c1-5-7(9)8(13(15)16)11-12(5)4-6(14)10-2-3-17/h17H,2-4H2,1H3,(H,10,14). The van der Waals surface area contributed by atoms with Gasteiger partial charge >= 0.3 is 5.82 Å². The second kappa shape index (κ2) is 6.01. The fraction of sp³-hybridized carbons (Fsp3) is 0.500. The molecule has 0 aromatic carbocycles. The van der Waals surface area contributed by atoms with Crippen molar-refractivity contribution >= 4 is 40.3 Å². The number of rotatable bonds is 5. The van der Waals surface area contributed by atoms with Crippen LogP contribution in [-0.2, 0) is 11.3 Å². The maximum absolute atomic E-state index is 11.4. The smallest absolute Gasteiger partial charge is 0.358 e. The van der Waals surface area contributed by atoms with E-state index in [0.29, 0.717) is 22.5 Å². The molecular formula is C8H11BrN4O3S. The minimum absolute atomic E-state index is 0.0496. The molecule has 1 aromatic heterocycles. The first-order valence-corrected chi connectivity index (χ1v) is 6.14. The van der Waals surface area contributed by atoms with Crippen LogP contribution in [0.15, 0.2) is 4.47 Å². The predicted octanol–water partition coefficient (Wildman–Crippen LogP) is 0.908. The van der Waals surface area contributed by atoms with E-state index in [1.807, 2.05) is 0 Å². The van der Waals surface area contributed by atoms with Crippen molar-refractivity contribution in [2.75, 3.05) is 12.3 Å². The number of thiol groups is 1. The molecular weight excluding hydrogens is 312 g/mol. The van der Waals surface area contributed by atoms with Gasteiger partial charge in [-0.05, 0) is 27.8 Å². The molecule has 1 heterocycles. The zero-order chi connectivity index (χ0) is 13.0. The Labute approximate surface area is 111 Å². The lowest BCUT2D eigenvalue weighted by atomic mass is 10.4. The van der Waals surface area contributed by atoms with Gasteiger partial charge in [-0.3, -0.25) is 4.79 Å². The number of nitrogens with one attached hydrogen (secondary N) is 1. The van der Waals surface area contributed by atoms with Crippen LogP contribution in [0, 0.1) is 17.0 Å². The van der Waals surface area contributed by atoms with Crippen molar-refractivity contribution in [2.45, 2.75) is 13.5 Å². The SMILES string of the molecule is Cc1c(Br)c([N+](=O)[O-])nn1CC(=O)NCCS. The lowest BCUT2D eigenvalue weighted by Crippen LogP contribution is -2.29. The molecule has 7 nitrogen and oxygen atoms in total. The molecule has 0 saturated carbocycles. The van der Waals surface area contributed by atoms with Gasteiger partial charge < -0.3 is 15.4 Å². The molecule has 0 radical (unpaired) electrons. The highest BCUT2D eigenvalue weighted by Gasteiger charge is 2.24. The third kappa shape index (κ3) is 3.43. The summed E-state index contributed by atoms with van der Waals surface area (Å²) in [6, 6.07) is 0. The van der Waals surface area contributed by atoms with Crippen LogP contribution in [0.4, 0.5) is 5.82 Å². The number of halogens is 1. The Balaban J connectivity index is 2.82. The largest absolute Gasteiger partial charge is 0.404 e. The number of carbonyl (C=O) groups is 1. The van der Waals surface area contributed by atoms with E-state index in [4.69, 9.17) is 0 Å². The summed E-state index contributed by atoms with van der Waals surface area (Å²) >= 11 is 7.03. The molecule has 94 valence electrons. The maximum atomic E-state index is 11.4. The van der Waals surface area contributed by atoms with E-state index in [9.17, 15) is 14.9 Å². The minimum Gasteiger partial charge on any atom is -0.358 e. The van der Waals surface area contributed by atoms with Gasteiger partial charge in [-0.2, -0.15) is 17.3 Å². The number of aromatic nitrogens is 2. The quantitative estimate of drug-likeness (QED) is 0.479. The van der Waals surface area contributed by atoms with Crippen LogP contribution in [0.25, 0.3) is 0 Å². The van der Waals surface area contributed by atoms with Gasteiger partial charge in [-0.15, -0.1) is 0 Å². The molecule has 1 N–H and O–H groups in total. The summed E-state index contributed by atoms with van der Waals surface area (Å²) in [7, 11) is 0. The highest BCUT2D eigenvalue weighted by molar-refractivity contribution is 9.10. The lowest BCUT2D eigenvalue weighted by molar-refractivity contribution is -0.390. The second-order valence-electron chi connectivity index (χ2n) is 3.21. The van der Waals surface area contributed by atoms with E-state index in [1.165, 1.54) is 4.68 Å². The first-order chi connectivity index (χ1) is 7.97. The molecule has 0 unspecified atom stereocenters. The molecule has 0 atom stereocenters. The van der Waals surface area contributed by atoms with Crippen LogP contribution in [0.2, 0.25) is 0 Å². The Morgan fingerprint density at radius 3 is 2.82 bits per heavy atom. The summed E-state index contributed by atoms with van der Waals surface area (Å²) in [4.78, 5) is 21.5. The average Bonchev–Trinajstić information content (AvgIpc) is 2.55. The zero-order valence-electron chi connectivity index (χ0n) is 9.01. The van der Waals surface area contributed by atoms with E-state index in [-0.39, 0.29) is 18.3 Å². The van der Waals surface area contributed by atoms with Gasteiger partial charge in [0.25, 0.3) is 0 Å². The molecule has 1 amide bonds.